The molecule has 1 aromatic carbocycles. The van der Waals surface area contributed by atoms with E-state index >= 15 is 0 Å². The summed E-state index contributed by atoms with van der Waals surface area (Å²) in [6, 6.07) is 10.9. The molecule has 0 saturated carbocycles. The van der Waals surface area contributed by atoms with E-state index in [1.807, 2.05) is 17.4 Å². The summed E-state index contributed by atoms with van der Waals surface area (Å²) in [7, 11) is 1.71. The van der Waals surface area contributed by atoms with Gasteiger partial charge in [-0.15, -0.1) is 11.3 Å². The minimum Gasteiger partial charge on any atom is -0.497 e. The molecule has 1 atom stereocenters. The van der Waals surface area contributed by atoms with Crippen molar-refractivity contribution >= 4 is 27.3 Å². The second-order valence-electron chi connectivity index (χ2n) is 5.12. The van der Waals surface area contributed by atoms with Gasteiger partial charge in [0.25, 0.3) is 0 Å². The molecule has 0 amide bonds. The van der Waals surface area contributed by atoms with Gasteiger partial charge in [-0.25, -0.2) is 0 Å². The molecule has 0 bridgehead atoms. The fraction of sp³-hybridized carbons (Fsp3) is 0.412. The second kappa shape index (κ2) is 7.97. The van der Waals surface area contributed by atoms with Crippen LogP contribution in [0.2, 0.25) is 0 Å². The van der Waals surface area contributed by atoms with Crippen LogP contribution < -0.4 is 10.1 Å². The Morgan fingerprint density at radius 2 is 2.10 bits per heavy atom. The molecule has 1 N–H and O–H groups in total. The number of thiophene rings is 1. The van der Waals surface area contributed by atoms with Crippen molar-refractivity contribution in [3.8, 4) is 5.75 Å². The van der Waals surface area contributed by atoms with Crippen molar-refractivity contribution in [3.05, 3.63) is 50.1 Å². The van der Waals surface area contributed by atoms with Gasteiger partial charge in [-0.05, 0) is 62.2 Å². The quantitative estimate of drug-likeness (QED) is 0.733. The number of ether oxygens (including phenoxy) is 1. The molecule has 0 radical (unpaired) electrons. The number of halogens is 1. The Kier molecular flexibility index (Phi) is 6.27. The highest BCUT2D eigenvalue weighted by atomic mass is 79.9. The lowest BCUT2D eigenvalue weighted by Gasteiger charge is -2.18. The van der Waals surface area contributed by atoms with Crippen LogP contribution in [0, 0.1) is 6.92 Å². The predicted molar refractivity (Wildman–Crippen MR) is 94.5 cm³/mol. The topological polar surface area (TPSA) is 21.3 Å². The lowest BCUT2D eigenvalue weighted by molar-refractivity contribution is 0.413. The number of benzene rings is 1. The molecule has 1 heterocycles. The van der Waals surface area contributed by atoms with Gasteiger partial charge in [0.2, 0.25) is 0 Å². The lowest BCUT2D eigenvalue weighted by Crippen LogP contribution is -2.23. The van der Waals surface area contributed by atoms with Crippen molar-refractivity contribution in [2.75, 3.05) is 13.7 Å². The molecule has 0 aliphatic rings. The van der Waals surface area contributed by atoms with Gasteiger partial charge in [0, 0.05) is 20.3 Å². The highest BCUT2D eigenvalue weighted by Gasteiger charge is 2.15. The van der Waals surface area contributed by atoms with Gasteiger partial charge >= 0.3 is 0 Å². The summed E-state index contributed by atoms with van der Waals surface area (Å²) < 4.78 is 6.48. The molecule has 114 valence electrons. The molecule has 4 heteroatoms. The maximum absolute atomic E-state index is 5.34. The summed E-state index contributed by atoms with van der Waals surface area (Å²) >= 11 is 5.53. The van der Waals surface area contributed by atoms with Crippen LogP contribution in [0.5, 0.6) is 5.75 Å². The summed E-state index contributed by atoms with van der Waals surface area (Å²) in [6.07, 6.45) is 2.10. The first-order valence-corrected chi connectivity index (χ1v) is 8.87. The van der Waals surface area contributed by atoms with Gasteiger partial charge in [-0.1, -0.05) is 22.9 Å². The van der Waals surface area contributed by atoms with E-state index < -0.39 is 0 Å². The van der Waals surface area contributed by atoms with Crippen LogP contribution in [-0.2, 0) is 6.42 Å². The van der Waals surface area contributed by atoms with Crippen LogP contribution in [0.3, 0.4) is 0 Å². The van der Waals surface area contributed by atoms with Crippen molar-refractivity contribution in [2.45, 2.75) is 32.7 Å². The van der Waals surface area contributed by atoms with Crippen LogP contribution in [0.15, 0.2) is 34.8 Å². The fourth-order valence-corrected chi connectivity index (χ4v) is 3.65. The molecule has 0 aliphatic carbocycles. The van der Waals surface area contributed by atoms with Crippen LogP contribution in [-0.4, -0.2) is 13.7 Å². The van der Waals surface area contributed by atoms with Gasteiger partial charge in [0.1, 0.15) is 5.75 Å². The van der Waals surface area contributed by atoms with E-state index in [1.165, 1.54) is 15.3 Å². The summed E-state index contributed by atoms with van der Waals surface area (Å²) in [6.45, 7) is 5.39. The highest BCUT2D eigenvalue weighted by Crippen LogP contribution is 2.30. The third-order valence-corrected chi connectivity index (χ3v) is 5.31. The SMILES string of the molecule is CCCNC(Cc1cc(OC)ccc1Br)c1ccc(C)s1. The van der Waals surface area contributed by atoms with Crippen molar-refractivity contribution in [3.63, 3.8) is 0 Å². The van der Waals surface area contributed by atoms with Crippen molar-refractivity contribution in [1.82, 2.24) is 5.32 Å². The Morgan fingerprint density at radius 3 is 2.71 bits per heavy atom. The smallest absolute Gasteiger partial charge is 0.119 e. The summed E-state index contributed by atoms with van der Waals surface area (Å²) in [5, 5.41) is 3.66. The highest BCUT2D eigenvalue weighted by molar-refractivity contribution is 9.10. The first-order chi connectivity index (χ1) is 10.1. The van der Waals surface area contributed by atoms with E-state index in [9.17, 15) is 0 Å². The van der Waals surface area contributed by atoms with E-state index in [1.54, 1.807) is 7.11 Å². The third kappa shape index (κ3) is 4.56. The lowest BCUT2D eigenvalue weighted by atomic mass is 10.0. The molecule has 2 rings (SSSR count). The minimum atomic E-state index is 0.354. The average molecular weight is 368 g/mol. The summed E-state index contributed by atoms with van der Waals surface area (Å²) in [5.74, 6) is 0.907. The van der Waals surface area contributed by atoms with E-state index in [0.717, 1.165) is 29.6 Å². The monoisotopic (exact) mass is 367 g/mol. The maximum Gasteiger partial charge on any atom is 0.119 e. The average Bonchev–Trinajstić information content (AvgIpc) is 2.91. The van der Waals surface area contributed by atoms with Crippen LogP contribution in [0.4, 0.5) is 0 Å². The van der Waals surface area contributed by atoms with Gasteiger partial charge in [-0.2, -0.15) is 0 Å². The molecule has 21 heavy (non-hydrogen) atoms. The van der Waals surface area contributed by atoms with E-state index in [-0.39, 0.29) is 0 Å². The van der Waals surface area contributed by atoms with Gasteiger partial charge in [0.15, 0.2) is 0 Å². The standard InChI is InChI=1S/C17H22BrNOS/c1-4-9-19-16(17-8-5-12(2)21-17)11-13-10-14(20-3)6-7-15(13)18/h5-8,10,16,19H,4,9,11H2,1-3H3. The van der Waals surface area contributed by atoms with E-state index in [0.29, 0.717) is 6.04 Å². The number of rotatable bonds is 7. The predicted octanol–water partition coefficient (Wildman–Crippen LogP) is 5.11. The van der Waals surface area contributed by atoms with Crippen LogP contribution in [0.1, 0.15) is 34.7 Å². The molecular formula is C17H22BrNOS. The Morgan fingerprint density at radius 1 is 1.29 bits per heavy atom. The number of methoxy groups -OCH3 is 1. The molecule has 1 aromatic heterocycles. The zero-order chi connectivity index (χ0) is 15.2. The third-order valence-electron chi connectivity index (χ3n) is 3.42. The molecule has 1 unspecified atom stereocenters. The second-order valence-corrected chi connectivity index (χ2v) is 7.29. The van der Waals surface area contributed by atoms with Gasteiger partial charge in [0.05, 0.1) is 7.11 Å². The summed E-state index contributed by atoms with van der Waals surface area (Å²) in [4.78, 5) is 2.76. The Labute approximate surface area is 139 Å². The number of hydrogen-bond donors (Lipinski definition) is 1. The molecule has 0 saturated heterocycles. The van der Waals surface area contributed by atoms with Gasteiger partial charge in [-0.3, -0.25) is 0 Å². The van der Waals surface area contributed by atoms with Crippen molar-refractivity contribution < 1.29 is 4.74 Å². The van der Waals surface area contributed by atoms with Crippen LogP contribution in [0.25, 0.3) is 0 Å². The first kappa shape index (κ1) is 16.5. The molecule has 0 aliphatic heterocycles. The molecule has 2 nitrogen and oxygen atoms in total. The molecule has 2 aromatic rings. The zero-order valence-corrected chi connectivity index (χ0v) is 15.2. The van der Waals surface area contributed by atoms with Crippen molar-refractivity contribution in [2.24, 2.45) is 0 Å². The molecule has 0 spiro atoms. The minimum absolute atomic E-state index is 0.354. The molecular weight excluding hydrogens is 346 g/mol. The molecule has 0 fully saturated rings. The van der Waals surface area contributed by atoms with Crippen LogP contribution >= 0.6 is 27.3 Å². The Hall–Kier alpha value is -0.840. The van der Waals surface area contributed by atoms with E-state index in [4.69, 9.17) is 4.74 Å². The van der Waals surface area contributed by atoms with Crippen molar-refractivity contribution in [1.29, 1.82) is 0 Å². The largest absolute Gasteiger partial charge is 0.497 e. The van der Waals surface area contributed by atoms with E-state index in [2.05, 4.69) is 59.4 Å². The number of nitrogens with one attached hydrogen (secondary N) is 1. The first-order valence-electron chi connectivity index (χ1n) is 7.26. The normalized spacial score (nSPS) is 12.4. The number of aryl methyl sites for hydroxylation is 1. The Bertz CT molecular complexity index is 582. The Balaban J connectivity index is 2.22. The van der Waals surface area contributed by atoms with Gasteiger partial charge < -0.3 is 10.1 Å². The zero-order valence-electron chi connectivity index (χ0n) is 12.8. The maximum atomic E-state index is 5.34. The fourth-order valence-electron chi connectivity index (χ4n) is 2.29. The summed E-state index contributed by atoms with van der Waals surface area (Å²) in [5.41, 5.74) is 1.27. The number of hydrogen-bond acceptors (Lipinski definition) is 3.